The van der Waals surface area contributed by atoms with Gasteiger partial charge in [-0.2, -0.15) is 0 Å². The van der Waals surface area contributed by atoms with Crippen LogP contribution in [-0.4, -0.2) is 22.3 Å². The number of carbonyl (C=O) groups is 3. The van der Waals surface area contributed by atoms with Crippen LogP contribution in [0.2, 0.25) is 0 Å². The molecule has 0 radical (unpaired) electrons. The molecular formula is C28H19ClN2O3. The number of pyridine rings is 1. The standard InChI is InChI=1S/C28H19ClN2O3/c29-25-26(28(34)22-6-2-1-5-21(22)27(25)33)31-16-17-7-10-19(11-8-17)24(32)15-18-9-12-23-20(14-18)4-3-13-30-23/h1-14,31H,15-16H2. The second-order valence-corrected chi connectivity index (χ2v) is 8.45. The molecule has 0 aliphatic heterocycles. The first-order valence-corrected chi connectivity index (χ1v) is 11.2. The van der Waals surface area contributed by atoms with Crippen LogP contribution in [0.5, 0.6) is 0 Å². The van der Waals surface area contributed by atoms with E-state index in [0.29, 0.717) is 29.7 Å². The summed E-state index contributed by atoms with van der Waals surface area (Å²) in [6.45, 7) is 0.291. The predicted molar refractivity (Wildman–Crippen MR) is 131 cm³/mol. The van der Waals surface area contributed by atoms with Crippen molar-refractivity contribution >= 4 is 39.9 Å². The number of hydrogen-bond donors (Lipinski definition) is 1. The number of nitrogens with one attached hydrogen (secondary N) is 1. The minimum atomic E-state index is -0.371. The highest BCUT2D eigenvalue weighted by atomic mass is 35.5. The number of benzene rings is 3. The molecule has 1 heterocycles. The molecule has 6 heteroatoms. The van der Waals surface area contributed by atoms with E-state index in [0.717, 1.165) is 22.0 Å². The van der Waals surface area contributed by atoms with Gasteiger partial charge in [0.05, 0.1) is 5.52 Å². The lowest BCUT2D eigenvalue weighted by molar-refractivity contribution is 0.0974. The molecule has 1 aromatic heterocycles. The van der Waals surface area contributed by atoms with Crippen molar-refractivity contribution in [3.05, 3.63) is 124 Å². The Balaban J connectivity index is 1.26. The third kappa shape index (κ3) is 4.14. The summed E-state index contributed by atoms with van der Waals surface area (Å²) in [7, 11) is 0. The van der Waals surface area contributed by atoms with Crippen molar-refractivity contribution in [1.29, 1.82) is 0 Å². The van der Waals surface area contributed by atoms with Crippen LogP contribution < -0.4 is 5.32 Å². The molecule has 0 spiro atoms. The van der Waals surface area contributed by atoms with Crippen molar-refractivity contribution in [2.45, 2.75) is 13.0 Å². The molecule has 1 aliphatic carbocycles. The van der Waals surface area contributed by atoms with Gasteiger partial charge in [0, 0.05) is 41.2 Å². The molecule has 0 amide bonds. The largest absolute Gasteiger partial charge is 0.376 e. The monoisotopic (exact) mass is 466 g/mol. The molecule has 166 valence electrons. The van der Waals surface area contributed by atoms with Crippen LogP contribution in [0.3, 0.4) is 0 Å². The van der Waals surface area contributed by atoms with Crippen LogP contribution in [0, 0.1) is 0 Å². The number of allylic oxidation sites excluding steroid dienone is 2. The van der Waals surface area contributed by atoms with Crippen molar-refractivity contribution in [2.75, 3.05) is 0 Å². The van der Waals surface area contributed by atoms with E-state index in [-0.39, 0.29) is 28.1 Å². The molecule has 0 fully saturated rings. The molecule has 3 aromatic carbocycles. The number of Topliss-reactive ketones (excluding diaryl/α,β-unsaturated/α-hetero) is 3. The number of hydrogen-bond acceptors (Lipinski definition) is 5. The van der Waals surface area contributed by atoms with Gasteiger partial charge >= 0.3 is 0 Å². The second-order valence-electron chi connectivity index (χ2n) is 8.07. The lowest BCUT2D eigenvalue weighted by Crippen LogP contribution is -2.28. The van der Waals surface area contributed by atoms with E-state index >= 15 is 0 Å². The van der Waals surface area contributed by atoms with Gasteiger partial charge in [-0.15, -0.1) is 0 Å². The molecule has 4 aromatic rings. The van der Waals surface area contributed by atoms with Gasteiger partial charge in [-0.1, -0.05) is 72.3 Å². The summed E-state index contributed by atoms with van der Waals surface area (Å²) in [6, 6.07) is 23.5. The van der Waals surface area contributed by atoms with Crippen molar-refractivity contribution in [1.82, 2.24) is 10.3 Å². The van der Waals surface area contributed by atoms with Crippen LogP contribution in [0.1, 0.15) is 42.2 Å². The highest BCUT2D eigenvalue weighted by Crippen LogP contribution is 2.27. The predicted octanol–water partition coefficient (Wildman–Crippen LogP) is 5.28. The summed E-state index contributed by atoms with van der Waals surface area (Å²) in [5.41, 5.74) is 4.02. The van der Waals surface area contributed by atoms with Crippen molar-refractivity contribution in [3.8, 4) is 0 Å². The lowest BCUT2D eigenvalue weighted by Gasteiger charge is -2.19. The van der Waals surface area contributed by atoms with Crippen molar-refractivity contribution < 1.29 is 14.4 Å². The number of nitrogens with zero attached hydrogens (tertiary/aromatic N) is 1. The highest BCUT2D eigenvalue weighted by molar-refractivity contribution is 6.49. The topological polar surface area (TPSA) is 76.1 Å². The van der Waals surface area contributed by atoms with Crippen LogP contribution in [-0.2, 0) is 13.0 Å². The molecule has 34 heavy (non-hydrogen) atoms. The van der Waals surface area contributed by atoms with E-state index in [1.165, 1.54) is 0 Å². The van der Waals surface area contributed by atoms with E-state index in [1.54, 1.807) is 42.6 Å². The van der Waals surface area contributed by atoms with E-state index in [2.05, 4.69) is 10.3 Å². The van der Waals surface area contributed by atoms with Gasteiger partial charge in [0.15, 0.2) is 5.78 Å². The Kier molecular flexibility index (Phi) is 5.78. The van der Waals surface area contributed by atoms with Gasteiger partial charge in [-0.05, 0) is 29.3 Å². The number of carbonyl (C=O) groups excluding carboxylic acids is 3. The number of rotatable bonds is 6. The third-order valence-electron chi connectivity index (χ3n) is 5.84. The maximum Gasteiger partial charge on any atom is 0.211 e. The average molecular weight is 467 g/mol. The Bertz CT molecular complexity index is 1490. The Labute approximate surface area is 201 Å². The van der Waals surface area contributed by atoms with E-state index in [1.807, 2.05) is 42.5 Å². The van der Waals surface area contributed by atoms with Gasteiger partial charge in [-0.3, -0.25) is 19.4 Å². The summed E-state index contributed by atoms with van der Waals surface area (Å²) in [6.07, 6.45) is 2.04. The molecule has 5 rings (SSSR count). The van der Waals surface area contributed by atoms with E-state index < -0.39 is 0 Å². The molecule has 0 saturated carbocycles. The third-order valence-corrected chi connectivity index (χ3v) is 6.20. The number of halogens is 1. The van der Waals surface area contributed by atoms with Crippen LogP contribution in [0.15, 0.2) is 95.8 Å². The summed E-state index contributed by atoms with van der Waals surface area (Å²) in [5.74, 6) is -0.666. The molecule has 0 saturated heterocycles. The number of aromatic nitrogens is 1. The van der Waals surface area contributed by atoms with Gasteiger partial charge in [-0.25, -0.2) is 0 Å². The highest BCUT2D eigenvalue weighted by Gasteiger charge is 2.30. The van der Waals surface area contributed by atoms with Crippen LogP contribution >= 0.6 is 11.6 Å². The Hall–Kier alpha value is -4.09. The minimum absolute atomic E-state index is 0.0122. The van der Waals surface area contributed by atoms with Gasteiger partial charge < -0.3 is 5.32 Å². The normalized spacial score (nSPS) is 13.2. The molecule has 1 aliphatic rings. The number of ketones is 3. The Morgan fingerprint density at radius 3 is 2.29 bits per heavy atom. The molecular weight excluding hydrogens is 448 g/mol. The summed E-state index contributed by atoms with van der Waals surface area (Å²) in [4.78, 5) is 42.4. The fourth-order valence-corrected chi connectivity index (χ4v) is 4.28. The SMILES string of the molecule is O=C(Cc1ccc2ncccc2c1)c1ccc(CNC2=C(Cl)C(=O)c3ccccc3C2=O)cc1. The fourth-order valence-electron chi connectivity index (χ4n) is 4.02. The van der Waals surface area contributed by atoms with Gasteiger partial charge in [0.2, 0.25) is 11.6 Å². The smallest absolute Gasteiger partial charge is 0.211 e. The quantitative estimate of drug-likeness (QED) is 0.391. The zero-order valence-corrected chi connectivity index (χ0v) is 18.8. The van der Waals surface area contributed by atoms with E-state index in [9.17, 15) is 14.4 Å². The maximum atomic E-state index is 12.8. The Morgan fingerprint density at radius 1 is 0.824 bits per heavy atom. The maximum absolute atomic E-state index is 12.8. The zero-order chi connectivity index (χ0) is 23.7. The summed E-state index contributed by atoms with van der Waals surface area (Å²) >= 11 is 6.20. The van der Waals surface area contributed by atoms with Crippen molar-refractivity contribution in [3.63, 3.8) is 0 Å². The molecule has 0 unspecified atom stereocenters. The molecule has 1 N–H and O–H groups in total. The van der Waals surface area contributed by atoms with Crippen LogP contribution in [0.25, 0.3) is 10.9 Å². The first-order chi connectivity index (χ1) is 16.5. The first kappa shape index (κ1) is 21.7. The average Bonchev–Trinajstić information content (AvgIpc) is 2.87. The van der Waals surface area contributed by atoms with E-state index in [4.69, 9.17) is 11.6 Å². The second kappa shape index (κ2) is 9.04. The van der Waals surface area contributed by atoms with Crippen LogP contribution in [0.4, 0.5) is 0 Å². The van der Waals surface area contributed by atoms with Gasteiger partial charge in [0.1, 0.15) is 10.7 Å². The molecule has 0 bridgehead atoms. The number of fused-ring (bicyclic) bond motifs is 2. The van der Waals surface area contributed by atoms with Crippen molar-refractivity contribution in [2.24, 2.45) is 0 Å². The van der Waals surface area contributed by atoms with Gasteiger partial charge in [0.25, 0.3) is 0 Å². The minimum Gasteiger partial charge on any atom is -0.376 e. The molecule has 0 atom stereocenters. The Morgan fingerprint density at radius 2 is 1.53 bits per heavy atom. The zero-order valence-electron chi connectivity index (χ0n) is 18.0. The summed E-state index contributed by atoms with van der Waals surface area (Å²) < 4.78 is 0. The lowest BCUT2D eigenvalue weighted by atomic mass is 9.92. The summed E-state index contributed by atoms with van der Waals surface area (Å²) in [5, 5.41) is 3.89. The first-order valence-electron chi connectivity index (χ1n) is 10.8. The fraction of sp³-hybridized carbons (Fsp3) is 0.0714. The molecule has 5 nitrogen and oxygen atoms in total.